The van der Waals surface area contributed by atoms with E-state index < -0.39 is 18.1 Å². The summed E-state index contributed by atoms with van der Waals surface area (Å²) < 4.78 is 21.1. The molecule has 0 radical (unpaired) electrons. The molecular weight excluding hydrogens is 522 g/mol. The number of carbonyl (C=O) groups is 1. The molecule has 1 N–H and O–H groups in total. The van der Waals surface area contributed by atoms with Gasteiger partial charge in [0.15, 0.2) is 0 Å². The van der Waals surface area contributed by atoms with E-state index in [2.05, 4.69) is 15.5 Å². The third-order valence-electron chi connectivity index (χ3n) is 6.96. The molecule has 0 saturated carbocycles. The van der Waals surface area contributed by atoms with Crippen molar-refractivity contribution in [2.24, 2.45) is 13.0 Å². The van der Waals surface area contributed by atoms with Crippen LogP contribution in [0.3, 0.4) is 0 Å². The molecule has 1 unspecified atom stereocenters. The molecule has 1 aliphatic rings. The molecule has 4 aromatic rings. The second-order valence-electron chi connectivity index (χ2n) is 9.54. The first-order valence-electron chi connectivity index (χ1n) is 12.8. The Morgan fingerprint density at radius 1 is 1.18 bits per heavy atom. The van der Waals surface area contributed by atoms with Crippen molar-refractivity contribution < 1.29 is 18.7 Å². The molecule has 10 nitrogen and oxygen atoms in total. The highest BCUT2D eigenvalue weighted by Gasteiger charge is 2.37. The van der Waals surface area contributed by atoms with Gasteiger partial charge in [-0.1, -0.05) is 36.7 Å². The minimum absolute atomic E-state index is 0.0819. The maximum atomic E-state index is 13.4. The van der Waals surface area contributed by atoms with Crippen LogP contribution in [-0.2, 0) is 16.6 Å². The van der Waals surface area contributed by atoms with Crippen molar-refractivity contribution in [1.82, 2.24) is 19.6 Å². The number of aromatic nitrogens is 4. The maximum Gasteiger partial charge on any atom is 0.295 e. The summed E-state index contributed by atoms with van der Waals surface area (Å²) >= 11 is 6.19. The summed E-state index contributed by atoms with van der Waals surface area (Å²) in [5, 5.41) is 11.7. The molecule has 2 aromatic carbocycles. The van der Waals surface area contributed by atoms with Crippen LogP contribution in [0, 0.1) is 12.8 Å². The Labute approximate surface area is 230 Å². The number of nitrogens with one attached hydrogen (secondary N) is 1. The molecule has 39 heavy (non-hydrogen) atoms. The van der Waals surface area contributed by atoms with E-state index in [1.807, 2.05) is 44.2 Å². The van der Waals surface area contributed by atoms with Crippen molar-refractivity contribution in [1.29, 1.82) is 0 Å². The Kier molecular flexibility index (Phi) is 7.58. The highest BCUT2D eigenvalue weighted by molar-refractivity contribution is 6.30. The number of nitrogens with zero attached hydrogens (tertiary/aromatic N) is 4. The first-order valence-corrected chi connectivity index (χ1v) is 13.2. The summed E-state index contributed by atoms with van der Waals surface area (Å²) in [5.41, 5.74) is 1.81. The molecule has 11 heteroatoms. The van der Waals surface area contributed by atoms with Gasteiger partial charge in [0.25, 0.3) is 17.4 Å². The van der Waals surface area contributed by atoms with Crippen LogP contribution < -0.4 is 15.6 Å². The first-order chi connectivity index (χ1) is 18.8. The summed E-state index contributed by atoms with van der Waals surface area (Å²) in [4.78, 5) is 26.7. The lowest BCUT2D eigenvalue weighted by Crippen LogP contribution is -2.41. The number of para-hydroxylation sites is 1. The Hall–Kier alpha value is -3.89. The van der Waals surface area contributed by atoms with Crippen LogP contribution >= 0.6 is 11.6 Å². The van der Waals surface area contributed by atoms with Gasteiger partial charge in [-0.15, -0.1) is 10.2 Å². The number of carbonyl (C=O) groups excluding carboxylic acids is 1. The fourth-order valence-corrected chi connectivity index (χ4v) is 4.95. The van der Waals surface area contributed by atoms with Crippen molar-refractivity contribution >= 4 is 23.2 Å². The molecule has 204 valence electrons. The summed E-state index contributed by atoms with van der Waals surface area (Å²) in [6.45, 7) is 6.08. The van der Waals surface area contributed by atoms with E-state index >= 15 is 0 Å². The average molecular weight is 552 g/mol. The van der Waals surface area contributed by atoms with Crippen molar-refractivity contribution in [3.05, 3.63) is 75.5 Å². The third kappa shape index (κ3) is 5.22. The lowest BCUT2D eigenvalue weighted by Gasteiger charge is -2.32. The Bertz CT molecular complexity index is 1540. The highest BCUT2D eigenvalue weighted by Crippen LogP contribution is 2.37. The second kappa shape index (κ2) is 11.1. The van der Waals surface area contributed by atoms with Gasteiger partial charge >= 0.3 is 0 Å². The third-order valence-corrected chi connectivity index (χ3v) is 7.20. The zero-order valence-electron chi connectivity index (χ0n) is 22.2. The SMILES string of the molecule is CCOc1ccc(Cl)cc1-c1nnc([C@H]2CC[C@H](C)C(C(=O)Nc3c(C)n(C)n(-c4ccccc4)c3=O)O2)o1. The predicted molar refractivity (Wildman–Crippen MR) is 146 cm³/mol. The van der Waals surface area contributed by atoms with Crippen molar-refractivity contribution in [2.75, 3.05) is 11.9 Å². The van der Waals surface area contributed by atoms with Gasteiger partial charge in [0, 0.05) is 12.1 Å². The van der Waals surface area contributed by atoms with Crippen molar-refractivity contribution in [3.63, 3.8) is 0 Å². The number of rotatable bonds is 7. The van der Waals surface area contributed by atoms with Gasteiger partial charge in [0.05, 0.1) is 23.6 Å². The minimum atomic E-state index is -0.812. The molecule has 0 aliphatic carbocycles. The fourth-order valence-electron chi connectivity index (χ4n) is 4.78. The minimum Gasteiger partial charge on any atom is -0.493 e. The number of halogens is 1. The molecule has 1 saturated heterocycles. The van der Waals surface area contributed by atoms with Crippen molar-refractivity contribution in [2.45, 2.75) is 45.8 Å². The van der Waals surface area contributed by atoms with E-state index in [0.29, 0.717) is 47.2 Å². The normalized spacial score (nSPS) is 19.2. The van der Waals surface area contributed by atoms with Gasteiger partial charge in [-0.2, -0.15) is 0 Å². The van der Waals surface area contributed by atoms with E-state index in [0.717, 1.165) is 0 Å². The fraction of sp³-hybridized carbons (Fsp3) is 0.357. The Balaban J connectivity index is 1.36. The van der Waals surface area contributed by atoms with Crippen LogP contribution in [0.25, 0.3) is 17.1 Å². The van der Waals surface area contributed by atoms with Crippen LogP contribution in [0.2, 0.25) is 5.02 Å². The molecule has 0 bridgehead atoms. The Morgan fingerprint density at radius 2 is 1.95 bits per heavy atom. The molecule has 1 aliphatic heterocycles. The quantitative estimate of drug-likeness (QED) is 0.340. The van der Waals surface area contributed by atoms with E-state index in [9.17, 15) is 9.59 Å². The topological polar surface area (TPSA) is 113 Å². The Morgan fingerprint density at radius 3 is 2.69 bits per heavy atom. The van der Waals surface area contributed by atoms with Crippen LogP contribution in [-0.4, -0.2) is 38.2 Å². The number of amides is 1. The number of hydrogen-bond donors (Lipinski definition) is 1. The summed E-state index contributed by atoms with van der Waals surface area (Å²) in [7, 11) is 1.78. The van der Waals surface area contributed by atoms with Gasteiger partial charge in [-0.25, -0.2) is 4.68 Å². The van der Waals surface area contributed by atoms with Gasteiger partial charge < -0.3 is 19.2 Å². The van der Waals surface area contributed by atoms with Crippen LogP contribution in [0.1, 0.15) is 44.4 Å². The molecule has 2 aromatic heterocycles. The van der Waals surface area contributed by atoms with E-state index in [-0.39, 0.29) is 28.9 Å². The second-order valence-corrected chi connectivity index (χ2v) is 9.98. The van der Waals surface area contributed by atoms with Crippen molar-refractivity contribution in [3.8, 4) is 22.9 Å². The zero-order valence-corrected chi connectivity index (χ0v) is 22.9. The van der Waals surface area contributed by atoms with Gasteiger partial charge in [-0.05, 0) is 62.9 Å². The molecule has 1 fully saturated rings. The molecule has 5 rings (SSSR count). The summed E-state index contributed by atoms with van der Waals surface area (Å²) in [5.74, 6) is 0.611. The van der Waals surface area contributed by atoms with E-state index in [1.54, 1.807) is 36.9 Å². The average Bonchev–Trinajstić information content (AvgIpc) is 3.50. The lowest BCUT2D eigenvalue weighted by molar-refractivity contribution is -0.145. The first kappa shape index (κ1) is 26.7. The molecule has 3 atom stereocenters. The van der Waals surface area contributed by atoms with E-state index in [1.165, 1.54) is 4.68 Å². The molecule has 3 heterocycles. The highest BCUT2D eigenvalue weighted by atomic mass is 35.5. The van der Waals surface area contributed by atoms with Crippen LogP contribution in [0.5, 0.6) is 5.75 Å². The number of benzene rings is 2. The van der Waals surface area contributed by atoms with Gasteiger partial charge in [0.2, 0.25) is 5.89 Å². The monoisotopic (exact) mass is 551 g/mol. The standard InChI is InChI=1S/C28H30ClN5O5/c1-5-37-21-14-12-18(29)15-20(21)26-31-32-27(39-26)22-13-11-16(2)24(38-22)25(35)30-23-17(3)33(4)34(28(23)36)19-9-7-6-8-10-19/h6-10,12,14-16,22,24H,5,11,13H2,1-4H3,(H,30,35)/t16-,22+,24?/m0/s1. The summed E-state index contributed by atoms with van der Waals surface area (Å²) in [6, 6.07) is 14.4. The summed E-state index contributed by atoms with van der Waals surface area (Å²) in [6.07, 6.45) is -0.0886. The predicted octanol–water partition coefficient (Wildman–Crippen LogP) is 5.08. The molecule has 0 spiro atoms. The number of ether oxygens (including phenoxy) is 2. The smallest absolute Gasteiger partial charge is 0.295 e. The maximum absolute atomic E-state index is 13.4. The largest absolute Gasteiger partial charge is 0.493 e. The van der Waals surface area contributed by atoms with Gasteiger partial charge in [0.1, 0.15) is 23.6 Å². The van der Waals surface area contributed by atoms with Gasteiger partial charge in [-0.3, -0.25) is 14.3 Å². The van der Waals surface area contributed by atoms with E-state index in [4.69, 9.17) is 25.5 Å². The number of anilines is 1. The van der Waals surface area contributed by atoms with Crippen LogP contribution in [0.15, 0.2) is 57.7 Å². The lowest BCUT2D eigenvalue weighted by atomic mass is 9.92. The zero-order chi connectivity index (χ0) is 27.7. The molecule has 1 amide bonds. The number of hydrogen-bond acceptors (Lipinski definition) is 7. The van der Waals surface area contributed by atoms with Crippen LogP contribution in [0.4, 0.5) is 5.69 Å². The molecular formula is C28H30ClN5O5.